The van der Waals surface area contributed by atoms with Crippen LogP contribution < -0.4 is 10.1 Å². The molecule has 2 rings (SSSR count). The van der Waals surface area contributed by atoms with Gasteiger partial charge in [0.2, 0.25) is 0 Å². The highest BCUT2D eigenvalue weighted by Crippen LogP contribution is 2.25. The van der Waals surface area contributed by atoms with Crippen LogP contribution in [-0.2, 0) is 0 Å². The smallest absolute Gasteiger partial charge is 0.478 e. The number of benzene rings is 2. The monoisotopic (exact) mass is 359 g/mol. The van der Waals surface area contributed by atoms with Crippen LogP contribution in [0.2, 0.25) is 0 Å². The molecule has 9 heteroatoms. The van der Waals surface area contributed by atoms with E-state index in [2.05, 4.69) is 21.7 Å². The van der Waals surface area contributed by atoms with Crippen LogP contribution in [0, 0.1) is 5.82 Å². The highest BCUT2D eigenvalue weighted by molar-refractivity contribution is 6.20. The van der Waals surface area contributed by atoms with Crippen molar-refractivity contribution in [1.29, 1.82) is 0 Å². The molecule has 2 N–H and O–H groups in total. The van der Waals surface area contributed by atoms with Crippen molar-refractivity contribution in [2.75, 3.05) is 5.32 Å². The van der Waals surface area contributed by atoms with E-state index in [4.69, 9.17) is 5.11 Å². The van der Waals surface area contributed by atoms with Gasteiger partial charge in [-0.25, -0.2) is 9.18 Å². The van der Waals surface area contributed by atoms with Crippen molar-refractivity contribution in [3.63, 3.8) is 0 Å². The number of carbonyl (C=O) groups excluding carboxylic acids is 1. The van der Waals surface area contributed by atoms with E-state index >= 15 is 0 Å². The molecule has 2 aromatic carbocycles. The van der Waals surface area contributed by atoms with Crippen LogP contribution in [0.4, 0.5) is 18.9 Å². The molecular formula is C15H9ClF3NO4. The second-order valence-corrected chi connectivity index (χ2v) is 4.93. The van der Waals surface area contributed by atoms with Crippen LogP contribution >= 0.6 is 11.6 Å². The maximum atomic E-state index is 13.5. The van der Waals surface area contributed by atoms with E-state index in [1.165, 1.54) is 12.1 Å². The zero-order valence-electron chi connectivity index (χ0n) is 11.7. The molecule has 0 aliphatic carbocycles. The molecule has 0 heterocycles. The Morgan fingerprint density at radius 1 is 1.12 bits per heavy atom. The summed E-state index contributed by atoms with van der Waals surface area (Å²) in [6.45, 7) is 0. The molecule has 0 spiro atoms. The third kappa shape index (κ3) is 4.39. The third-order valence-electron chi connectivity index (χ3n) is 2.83. The molecule has 24 heavy (non-hydrogen) atoms. The number of nitrogens with one attached hydrogen (secondary N) is 1. The number of rotatable bonds is 5. The van der Waals surface area contributed by atoms with E-state index in [1.54, 1.807) is 0 Å². The lowest BCUT2D eigenvalue weighted by Crippen LogP contribution is -2.17. The minimum Gasteiger partial charge on any atom is -0.478 e. The first kappa shape index (κ1) is 17.6. The van der Waals surface area contributed by atoms with Crippen molar-refractivity contribution in [1.82, 2.24) is 0 Å². The Bertz CT molecular complexity index is 775. The van der Waals surface area contributed by atoms with Crippen LogP contribution in [0.25, 0.3) is 0 Å². The number of anilines is 1. The van der Waals surface area contributed by atoms with Gasteiger partial charge in [0.25, 0.3) is 5.91 Å². The van der Waals surface area contributed by atoms with Gasteiger partial charge in [-0.1, -0.05) is 6.07 Å². The van der Waals surface area contributed by atoms with E-state index in [0.717, 1.165) is 30.3 Å². The van der Waals surface area contributed by atoms with Gasteiger partial charge in [-0.3, -0.25) is 4.79 Å². The molecule has 0 aliphatic heterocycles. The quantitative estimate of drug-likeness (QED) is 0.793. The van der Waals surface area contributed by atoms with Crippen molar-refractivity contribution in [3.8, 4) is 5.75 Å². The Labute approximate surface area is 138 Å². The minimum atomic E-state index is -3.89. The first-order chi connectivity index (χ1) is 11.2. The number of aromatic carboxylic acids is 1. The number of carboxylic acid groups (broad SMARTS) is 1. The fourth-order valence-electron chi connectivity index (χ4n) is 1.85. The zero-order chi connectivity index (χ0) is 17.9. The second-order valence-electron chi connectivity index (χ2n) is 4.49. The summed E-state index contributed by atoms with van der Waals surface area (Å²) >= 11 is 4.61. The summed E-state index contributed by atoms with van der Waals surface area (Å²) in [5.41, 5.74) is -4.80. The molecule has 0 aliphatic rings. The lowest BCUT2D eigenvalue weighted by atomic mass is 10.1. The molecule has 0 saturated heterocycles. The van der Waals surface area contributed by atoms with Gasteiger partial charge in [0.05, 0.1) is 5.69 Å². The third-order valence-corrected chi connectivity index (χ3v) is 2.90. The summed E-state index contributed by atoms with van der Waals surface area (Å²) in [4.78, 5) is 23.1. The molecule has 0 aromatic heterocycles. The topological polar surface area (TPSA) is 75.6 Å². The van der Waals surface area contributed by atoms with Gasteiger partial charge in [0.1, 0.15) is 17.1 Å². The minimum absolute atomic E-state index is 0.0147. The summed E-state index contributed by atoms with van der Waals surface area (Å²) in [7, 11) is 0. The second kappa shape index (κ2) is 6.79. The standard InChI is InChI=1S/C15H9ClF3NO4/c16-15(18,19)24-9-6-4-8(5-7-9)13(21)20-11-3-1-2-10(17)12(11)14(22)23/h1-7H,(H,20,21)(H,22,23). The molecule has 1 amide bonds. The maximum absolute atomic E-state index is 13.5. The Kier molecular flexibility index (Phi) is 4.99. The van der Waals surface area contributed by atoms with E-state index in [1.807, 2.05) is 0 Å². The maximum Gasteiger partial charge on any atom is 0.487 e. The lowest BCUT2D eigenvalue weighted by molar-refractivity contribution is -0.0964. The van der Waals surface area contributed by atoms with Gasteiger partial charge < -0.3 is 15.2 Å². The predicted octanol–water partition coefficient (Wildman–Crippen LogP) is 3.94. The zero-order valence-corrected chi connectivity index (χ0v) is 12.5. The van der Waals surface area contributed by atoms with Gasteiger partial charge in [-0.2, -0.15) is 0 Å². The molecule has 0 unspecified atom stereocenters. The fourth-order valence-corrected chi connectivity index (χ4v) is 1.94. The molecule has 126 valence electrons. The van der Waals surface area contributed by atoms with E-state index in [9.17, 15) is 22.8 Å². The molecule has 0 bridgehead atoms. The number of carbonyl (C=O) groups is 2. The van der Waals surface area contributed by atoms with Crippen molar-refractivity contribution in [2.45, 2.75) is 5.57 Å². The number of carboxylic acids is 1. The summed E-state index contributed by atoms with van der Waals surface area (Å²) in [6, 6.07) is 7.87. The van der Waals surface area contributed by atoms with Crippen molar-refractivity contribution in [2.24, 2.45) is 0 Å². The van der Waals surface area contributed by atoms with Crippen molar-refractivity contribution in [3.05, 3.63) is 59.4 Å². The van der Waals surface area contributed by atoms with Crippen LogP contribution in [0.3, 0.4) is 0 Å². The number of amides is 1. The van der Waals surface area contributed by atoms with Crippen LogP contribution in [0.15, 0.2) is 42.5 Å². The number of halogens is 4. The first-order valence-corrected chi connectivity index (χ1v) is 6.74. The van der Waals surface area contributed by atoms with Crippen LogP contribution in [-0.4, -0.2) is 22.6 Å². The lowest BCUT2D eigenvalue weighted by Gasteiger charge is -2.11. The van der Waals surface area contributed by atoms with Crippen molar-refractivity contribution >= 4 is 29.2 Å². The Morgan fingerprint density at radius 3 is 2.29 bits per heavy atom. The summed E-state index contributed by atoms with van der Waals surface area (Å²) in [5.74, 6) is -3.58. The molecule has 5 nitrogen and oxygen atoms in total. The van der Waals surface area contributed by atoms with Gasteiger partial charge >= 0.3 is 11.5 Å². The van der Waals surface area contributed by atoms with Crippen LogP contribution in [0.5, 0.6) is 5.75 Å². The Balaban J connectivity index is 2.19. The average Bonchev–Trinajstić information content (AvgIpc) is 2.45. The normalized spacial score (nSPS) is 11.0. The fraction of sp³-hybridized carbons (Fsp3) is 0.0667. The highest BCUT2D eigenvalue weighted by Gasteiger charge is 2.27. The largest absolute Gasteiger partial charge is 0.487 e. The van der Waals surface area contributed by atoms with Crippen LogP contribution in [0.1, 0.15) is 20.7 Å². The van der Waals surface area contributed by atoms with E-state index < -0.39 is 28.8 Å². The first-order valence-electron chi connectivity index (χ1n) is 6.36. The molecular weight excluding hydrogens is 351 g/mol. The van der Waals surface area contributed by atoms with Crippen molar-refractivity contribution < 1.29 is 32.6 Å². The number of hydrogen-bond acceptors (Lipinski definition) is 3. The van der Waals surface area contributed by atoms with Gasteiger partial charge in [0.15, 0.2) is 0 Å². The number of ether oxygens (including phenoxy) is 1. The summed E-state index contributed by atoms with van der Waals surface area (Å²) in [6.07, 6.45) is 0. The Hall–Kier alpha value is -2.74. The molecule has 0 radical (unpaired) electrons. The SMILES string of the molecule is O=C(Nc1cccc(F)c1C(=O)O)c1ccc(OC(F)(F)Cl)cc1. The van der Waals surface area contributed by atoms with E-state index in [-0.39, 0.29) is 17.0 Å². The molecule has 2 aromatic rings. The highest BCUT2D eigenvalue weighted by atomic mass is 35.5. The Morgan fingerprint density at radius 2 is 1.75 bits per heavy atom. The number of alkyl halides is 3. The number of hydrogen-bond donors (Lipinski definition) is 2. The van der Waals surface area contributed by atoms with E-state index in [0.29, 0.717) is 0 Å². The summed E-state index contributed by atoms with van der Waals surface area (Å²) in [5, 5.41) is 11.2. The molecule has 0 atom stereocenters. The average molecular weight is 360 g/mol. The molecule has 0 fully saturated rings. The van der Waals surface area contributed by atoms with Gasteiger partial charge in [0, 0.05) is 17.2 Å². The van der Waals surface area contributed by atoms with Gasteiger partial charge in [-0.15, -0.1) is 8.78 Å². The summed E-state index contributed by atoms with van der Waals surface area (Å²) < 4.78 is 42.6. The predicted molar refractivity (Wildman–Crippen MR) is 79.2 cm³/mol. The molecule has 0 saturated carbocycles. The van der Waals surface area contributed by atoms with Gasteiger partial charge in [-0.05, 0) is 36.4 Å².